The van der Waals surface area contributed by atoms with E-state index in [2.05, 4.69) is 0 Å². The molecule has 0 aliphatic carbocycles. The van der Waals surface area contributed by atoms with Crippen molar-refractivity contribution in [3.8, 4) is 11.8 Å². The molecule has 1 amide bonds. The third-order valence-corrected chi connectivity index (χ3v) is 3.17. The highest BCUT2D eigenvalue weighted by molar-refractivity contribution is 5.92. The van der Waals surface area contributed by atoms with Gasteiger partial charge in [-0.05, 0) is 32.0 Å². The van der Waals surface area contributed by atoms with E-state index in [0.717, 1.165) is 4.57 Å². The topological polar surface area (TPSA) is 111 Å². The molecule has 2 rings (SSSR count). The van der Waals surface area contributed by atoms with Crippen LogP contribution in [-0.4, -0.2) is 15.0 Å². The molecule has 2 aromatic rings. The quantitative estimate of drug-likeness (QED) is 0.891. The van der Waals surface area contributed by atoms with Gasteiger partial charge in [-0.2, -0.15) is 5.26 Å². The number of carbonyl (C=O) groups is 1. The van der Waals surface area contributed by atoms with Crippen LogP contribution >= 0.6 is 0 Å². The van der Waals surface area contributed by atoms with Crippen LogP contribution < -0.4 is 17.0 Å². The summed E-state index contributed by atoms with van der Waals surface area (Å²) in [4.78, 5) is 36.3. The summed E-state index contributed by atoms with van der Waals surface area (Å²) in [5, 5.41) is 8.94. The first-order valence-electron chi connectivity index (χ1n) is 6.55. The van der Waals surface area contributed by atoms with E-state index in [-0.39, 0.29) is 17.3 Å². The average Bonchev–Trinajstić information content (AvgIpc) is 2.47. The molecule has 0 radical (unpaired) electrons. The molecule has 0 saturated heterocycles. The highest BCUT2D eigenvalue weighted by atomic mass is 16.2. The summed E-state index contributed by atoms with van der Waals surface area (Å²) >= 11 is 0. The van der Waals surface area contributed by atoms with Gasteiger partial charge in [-0.15, -0.1) is 0 Å². The lowest BCUT2D eigenvalue weighted by molar-refractivity contribution is 0.0997. The van der Waals surface area contributed by atoms with E-state index in [1.807, 2.05) is 6.07 Å². The van der Waals surface area contributed by atoms with Crippen LogP contribution in [0.4, 0.5) is 0 Å². The molecule has 0 aliphatic rings. The molecule has 0 bridgehead atoms. The van der Waals surface area contributed by atoms with Crippen molar-refractivity contribution in [2.75, 3.05) is 0 Å². The smallest absolute Gasteiger partial charge is 0.335 e. The standard InChI is InChI=1S/C15H14N4O3/c1-9(2)18-8-12(13(17)20)14(21)19(15(18)22)11-5-3-4-10(6-11)7-16/h3-6,8-9H,1-2H3,(H2,17,20). The van der Waals surface area contributed by atoms with Crippen molar-refractivity contribution in [3.63, 3.8) is 0 Å². The Morgan fingerprint density at radius 2 is 2.00 bits per heavy atom. The Balaban J connectivity index is 2.91. The molecule has 22 heavy (non-hydrogen) atoms. The second-order valence-electron chi connectivity index (χ2n) is 4.99. The van der Waals surface area contributed by atoms with Crippen molar-refractivity contribution in [2.24, 2.45) is 5.73 Å². The van der Waals surface area contributed by atoms with Crippen LogP contribution in [0.5, 0.6) is 0 Å². The largest absolute Gasteiger partial charge is 0.365 e. The van der Waals surface area contributed by atoms with Crippen LogP contribution in [0.25, 0.3) is 5.69 Å². The molecular formula is C15H14N4O3. The van der Waals surface area contributed by atoms with E-state index in [0.29, 0.717) is 5.56 Å². The van der Waals surface area contributed by atoms with Crippen LogP contribution in [0.3, 0.4) is 0 Å². The minimum Gasteiger partial charge on any atom is -0.365 e. The van der Waals surface area contributed by atoms with E-state index in [1.54, 1.807) is 26.0 Å². The molecule has 112 valence electrons. The lowest BCUT2D eigenvalue weighted by atomic mass is 10.2. The fourth-order valence-corrected chi connectivity index (χ4v) is 2.05. The second kappa shape index (κ2) is 5.69. The van der Waals surface area contributed by atoms with Crippen LogP contribution in [0, 0.1) is 11.3 Å². The summed E-state index contributed by atoms with van der Waals surface area (Å²) < 4.78 is 2.10. The van der Waals surface area contributed by atoms with Crippen LogP contribution in [0.15, 0.2) is 40.1 Å². The third kappa shape index (κ3) is 2.54. The fourth-order valence-electron chi connectivity index (χ4n) is 2.05. The minimum absolute atomic E-state index is 0.214. The number of aromatic nitrogens is 2. The SMILES string of the molecule is CC(C)n1cc(C(N)=O)c(=O)n(-c2cccc(C#N)c2)c1=O. The lowest BCUT2D eigenvalue weighted by Crippen LogP contribution is -2.42. The Morgan fingerprint density at radius 3 is 2.55 bits per heavy atom. The van der Waals surface area contributed by atoms with Gasteiger partial charge in [-0.3, -0.25) is 14.2 Å². The van der Waals surface area contributed by atoms with Gasteiger partial charge < -0.3 is 5.73 Å². The Kier molecular flexibility index (Phi) is 3.95. The third-order valence-electron chi connectivity index (χ3n) is 3.17. The van der Waals surface area contributed by atoms with Crippen molar-refractivity contribution in [3.05, 3.63) is 62.4 Å². The molecule has 0 fully saturated rings. The predicted molar refractivity (Wildman–Crippen MR) is 79.9 cm³/mol. The summed E-state index contributed by atoms with van der Waals surface area (Å²) in [5.74, 6) is -0.912. The fraction of sp³-hybridized carbons (Fsp3) is 0.200. The molecular weight excluding hydrogens is 284 g/mol. The number of nitriles is 1. The molecule has 0 spiro atoms. The Labute approximate surface area is 125 Å². The van der Waals surface area contributed by atoms with Gasteiger partial charge in [0.1, 0.15) is 5.56 Å². The van der Waals surface area contributed by atoms with E-state index in [9.17, 15) is 14.4 Å². The second-order valence-corrected chi connectivity index (χ2v) is 4.99. The molecule has 0 unspecified atom stereocenters. The molecule has 1 aromatic heterocycles. The van der Waals surface area contributed by atoms with Crippen LogP contribution in [0.2, 0.25) is 0 Å². The number of nitrogens with zero attached hydrogens (tertiary/aromatic N) is 3. The summed E-state index contributed by atoms with van der Waals surface area (Å²) in [5.41, 5.74) is 4.05. The molecule has 7 nitrogen and oxygen atoms in total. The maximum Gasteiger partial charge on any atom is 0.335 e. The number of rotatable bonds is 3. The predicted octanol–water partition coefficient (Wildman–Crippen LogP) is 0.551. The van der Waals surface area contributed by atoms with Gasteiger partial charge in [0.25, 0.3) is 11.5 Å². The summed E-state index contributed by atoms with van der Waals surface area (Å²) in [7, 11) is 0. The van der Waals surface area contributed by atoms with Gasteiger partial charge in [0.15, 0.2) is 0 Å². The summed E-state index contributed by atoms with van der Waals surface area (Å²) in [6.07, 6.45) is 1.17. The molecule has 0 aliphatic heterocycles. The first-order chi connectivity index (χ1) is 10.4. The number of primary amides is 1. The maximum absolute atomic E-state index is 12.5. The number of carbonyl (C=O) groups excluding carboxylic acids is 1. The zero-order valence-electron chi connectivity index (χ0n) is 12.1. The van der Waals surface area contributed by atoms with Gasteiger partial charge >= 0.3 is 5.69 Å². The molecule has 1 aromatic carbocycles. The van der Waals surface area contributed by atoms with E-state index in [1.165, 1.54) is 22.9 Å². The minimum atomic E-state index is -0.912. The number of hydrogen-bond donors (Lipinski definition) is 1. The van der Waals surface area contributed by atoms with E-state index < -0.39 is 17.2 Å². The number of benzene rings is 1. The number of nitrogens with two attached hydrogens (primary N) is 1. The monoisotopic (exact) mass is 298 g/mol. The highest BCUT2D eigenvalue weighted by Crippen LogP contribution is 2.08. The highest BCUT2D eigenvalue weighted by Gasteiger charge is 2.17. The zero-order chi connectivity index (χ0) is 16.4. The van der Waals surface area contributed by atoms with Gasteiger partial charge in [0, 0.05) is 12.2 Å². The van der Waals surface area contributed by atoms with Crippen LogP contribution in [-0.2, 0) is 0 Å². The molecule has 7 heteroatoms. The summed E-state index contributed by atoms with van der Waals surface area (Å²) in [6.45, 7) is 3.49. The molecule has 0 atom stereocenters. The lowest BCUT2D eigenvalue weighted by Gasteiger charge is -2.14. The van der Waals surface area contributed by atoms with Gasteiger partial charge in [-0.1, -0.05) is 6.07 Å². The van der Waals surface area contributed by atoms with Crippen molar-refractivity contribution < 1.29 is 4.79 Å². The zero-order valence-corrected chi connectivity index (χ0v) is 12.1. The normalized spacial score (nSPS) is 10.5. The Hall–Kier alpha value is -3.14. The van der Waals surface area contributed by atoms with E-state index >= 15 is 0 Å². The Morgan fingerprint density at radius 1 is 1.32 bits per heavy atom. The van der Waals surface area contributed by atoms with Gasteiger partial charge in [-0.25, -0.2) is 9.36 Å². The van der Waals surface area contributed by atoms with Crippen LogP contribution in [0.1, 0.15) is 35.8 Å². The Bertz CT molecular complexity index is 900. The molecule has 1 heterocycles. The maximum atomic E-state index is 12.5. The molecule has 2 N–H and O–H groups in total. The average molecular weight is 298 g/mol. The first kappa shape index (κ1) is 15.3. The number of amides is 1. The van der Waals surface area contributed by atoms with E-state index in [4.69, 9.17) is 11.0 Å². The first-order valence-corrected chi connectivity index (χ1v) is 6.55. The molecule has 0 saturated carbocycles. The van der Waals surface area contributed by atoms with Crippen molar-refractivity contribution in [1.29, 1.82) is 5.26 Å². The van der Waals surface area contributed by atoms with Gasteiger partial charge in [0.05, 0.1) is 17.3 Å². The summed E-state index contributed by atoms with van der Waals surface area (Å²) in [6, 6.07) is 7.68. The van der Waals surface area contributed by atoms with Crippen molar-refractivity contribution in [2.45, 2.75) is 19.9 Å². The number of hydrogen-bond acceptors (Lipinski definition) is 4. The van der Waals surface area contributed by atoms with Gasteiger partial charge in [0.2, 0.25) is 0 Å². The van der Waals surface area contributed by atoms with Crippen molar-refractivity contribution in [1.82, 2.24) is 9.13 Å². The van der Waals surface area contributed by atoms with Crippen molar-refractivity contribution >= 4 is 5.91 Å².